The molecule has 0 atom stereocenters. The summed E-state index contributed by atoms with van der Waals surface area (Å²) >= 11 is 0. The zero-order valence-electron chi connectivity index (χ0n) is 8.32. The Kier molecular flexibility index (Phi) is 3.34. The minimum atomic E-state index is -0.861. The van der Waals surface area contributed by atoms with E-state index in [0.717, 1.165) is 11.4 Å². The predicted octanol–water partition coefficient (Wildman–Crippen LogP) is 1.25. The van der Waals surface area contributed by atoms with Gasteiger partial charge in [-0.05, 0) is 18.2 Å². The van der Waals surface area contributed by atoms with Crippen LogP contribution in [0.2, 0.25) is 0 Å². The van der Waals surface area contributed by atoms with Crippen LogP contribution in [0.5, 0.6) is 0 Å². The predicted molar refractivity (Wildman–Crippen MR) is 56.9 cm³/mol. The van der Waals surface area contributed by atoms with E-state index in [0.29, 0.717) is 0 Å². The molecule has 1 rings (SSSR count). The van der Waals surface area contributed by atoms with Crippen LogP contribution in [-0.2, 0) is 4.79 Å². The van der Waals surface area contributed by atoms with Crippen LogP contribution in [0.3, 0.4) is 0 Å². The topological polar surface area (TPSA) is 52.6 Å². The van der Waals surface area contributed by atoms with E-state index < -0.39 is 5.97 Å². The molecule has 0 aliphatic rings. The molecule has 76 valence electrons. The second-order valence-electron chi connectivity index (χ2n) is 3.19. The smallest absolute Gasteiger partial charge is 0.322 e. The highest BCUT2D eigenvalue weighted by molar-refractivity contribution is 5.73. The molecule has 0 saturated heterocycles. The number of carboxylic acid groups (broad SMARTS) is 1. The Labute approximate surface area is 83.2 Å². The van der Waals surface area contributed by atoms with Crippen molar-refractivity contribution in [2.45, 2.75) is 0 Å². The normalized spacial score (nSPS) is 9.57. The van der Waals surface area contributed by atoms with E-state index in [9.17, 15) is 4.79 Å². The van der Waals surface area contributed by atoms with Gasteiger partial charge in [-0.3, -0.25) is 4.79 Å². The first kappa shape index (κ1) is 10.4. The lowest BCUT2D eigenvalue weighted by Crippen LogP contribution is -2.13. The molecule has 0 fully saturated rings. The third-order valence-corrected chi connectivity index (χ3v) is 1.81. The molecular formula is C10H14N2O2. The summed E-state index contributed by atoms with van der Waals surface area (Å²) in [5, 5.41) is 11.3. The number of aliphatic carboxylic acids is 1. The van der Waals surface area contributed by atoms with Crippen molar-refractivity contribution in [2.24, 2.45) is 0 Å². The van der Waals surface area contributed by atoms with Gasteiger partial charge in [-0.2, -0.15) is 0 Å². The molecule has 14 heavy (non-hydrogen) atoms. The lowest BCUT2D eigenvalue weighted by molar-refractivity contribution is -0.134. The van der Waals surface area contributed by atoms with Crippen molar-refractivity contribution < 1.29 is 9.90 Å². The highest BCUT2D eigenvalue weighted by atomic mass is 16.4. The monoisotopic (exact) mass is 194 g/mol. The van der Waals surface area contributed by atoms with Gasteiger partial charge in [0.25, 0.3) is 0 Å². The number of rotatable bonds is 4. The largest absolute Gasteiger partial charge is 0.480 e. The van der Waals surface area contributed by atoms with Crippen LogP contribution >= 0.6 is 0 Å². The molecule has 0 aliphatic carbocycles. The Morgan fingerprint density at radius 2 is 2.21 bits per heavy atom. The summed E-state index contributed by atoms with van der Waals surface area (Å²) in [6.07, 6.45) is 0. The Hall–Kier alpha value is -1.71. The fourth-order valence-corrected chi connectivity index (χ4v) is 1.07. The van der Waals surface area contributed by atoms with Gasteiger partial charge in [0.1, 0.15) is 6.54 Å². The first-order chi connectivity index (χ1) is 6.59. The molecule has 1 aromatic rings. The maximum atomic E-state index is 10.3. The van der Waals surface area contributed by atoms with Crippen molar-refractivity contribution >= 4 is 17.3 Å². The molecule has 0 bridgehead atoms. The van der Waals surface area contributed by atoms with Crippen molar-refractivity contribution in [3.8, 4) is 0 Å². The Morgan fingerprint density at radius 1 is 1.50 bits per heavy atom. The first-order valence-electron chi connectivity index (χ1n) is 4.32. The minimum Gasteiger partial charge on any atom is -0.480 e. The summed E-state index contributed by atoms with van der Waals surface area (Å²) in [5.74, 6) is -0.861. The van der Waals surface area contributed by atoms with Gasteiger partial charge in [0.05, 0.1) is 0 Å². The highest BCUT2D eigenvalue weighted by Crippen LogP contribution is 2.16. The highest BCUT2D eigenvalue weighted by Gasteiger charge is 1.99. The molecule has 0 radical (unpaired) electrons. The molecule has 0 aromatic heterocycles. The van der Waals surface area contributed by atoms with Gasteiger partial charge in [-0.15, -0.1) is 0 Å². The summed E-state index contributed by atoms with van der Waals surface area (Å²) in [6.45, 7) is -0.0586. The SMILES string of the molecule is CN(C)c1cccc(NCC(=O)O)c1. The van der Waals surface area contributed by atoms with Gasteiger partial charge >= 0.3 is 5.97 Å². The third-order valence-electron chi connectivity index (χ3n) is 1.81. The van der Waals surface area contributed by atoms with E-state index in [1.54, 1.807) is 0 Å². The number of benzene rings is 1. The molecule has 0 saturated carbocycles. The molecule has 4 heteroatoms. The molecule has 0 aliphatic heterocycles. The van der Waals surface area contributed by atoms with Gasteiger partial charge in [-0.25, -0.2) is 0 Å². The van der Waals surface area contributed by atoms with Gasteiger partial charge in [0.2, 0.25) is 0 Å². The quantitative estimate of drug-likeness (QED) is 0.757. The molecule has 2 N–H and O–H groups in total. The lowest BCUT2D eigenvalue weighted by Gasteiger charge is -2.13. The van der Waals surface area contributed by atoms with Crippen molar-refractivity contribution in [3.63, 3.8) is 0 Å². The van der Waals surface area contributed by atoms with Gasteiger partial charge in [0, 0.05) is 25.5 Å². The van der Waals surface area contributed by atoms with Gasteiger partial charge in [0.15, 0.2) is 0 Å². The summed E-state index contributed by atoms with van der Waals surface area (Å²) in [6, 6.07) is 7.60. The first-order valence-corrected chi connectivity index (χ1v) is 4.32. The number of nitrogens with zero attached hydrogens (tertiary/aromatic N) is 1. The van der Waals surface area contributed by atoms with E-state index in [1.807, 2.05) is 43.3 Å². The number of nitrogens with one attached hydrogen (secondary N) is 1. The Bertz CT molecular complexity index is 324. The fourth-order valence-electron chi connectivity index (χ4n) is 1.07. The van der Waals surface area contributed by atoms with Crippen LogP contribution in [0.15, 0.2) is 24.3 Å². The maximum absolute atomic E-state index is 10.3. The zero-order valence-corrected chi connectivity index (χ0v) is 8.32. The van der Waals surface area contributed by atoms with Crippen molar-refractivity contribution in [1.82, 2.24) is 0 Å². The molecular weight excluding hydrogens is 180 g/mol. The van der Waals surface area contributed by atoms with E-state index in [4.69, 9.17) is 5.11 Å². The average molecular weight is 194 g/mol. The van der Waals surface area contributed by atoms with Crippen LogP contribution in [-0.4, -0.2) is 31.7 Å². The van der Waals surface area contributed by atoms with Crippen LogP contribution in [0, 0.1) is 0 Å². The molecule has 1 aromatic carbocycles. The van der Waals surface area contributed by atoms with Crippen LogP contribution < -0.4 is 10.2 Å². The molecule has 0 heterocycles. The van der Waals surface area contributed by atoms with Crippen LogP contribution in [0.4, 0.5) is 11.4 Å². The lowest BCUT2D eigenvalue weighted by atomic mass is 10.2. The van der Waals surface area contributed by atoms with Crippen molar-refractivity contribution in [3.05, 3.63) is 24.3 Å². The number of anilines is 2. The zero-order chi connectivity index (χ0) is 10.6. The molecule has 0 amide bonds. The van der Waals surface area contributed by atoms with Gasteiger partial charge in [-0.1, -0.05) is 6.07 Å². The average Bonchev–Trinajstić information content (AvgIpc) is 2.15. The third kappa shape index (κ3) is 2.97. The van der Waals surface area contributed by atoms with E-state index in [1.165, 1.54) is 0 Å². The molecule has 0 spiro atoms. The van der Waals surface area contributed by atoms with Crippen molar-refractivity contribution in [1.29, 1.82) is 0 Å². The maximum Gasteiger partial charge on any atom is 0.322 e. The van der Waals surface area contributed by atoms with Crippen LogP contribution in [0.1, 0.15) is 0 Å². The van der Waals surface area contributed by atoms with E-state index in [2.05, 4.69) is 5.32 Å². The molecule has 0 unspecified atom stereocenters. The van der Waals surface area contributed by atoms with Gasteiger partial charge < -0.3 is 15.3 Å². The number of carboxylic acids is 1. The van der Waals surface area contributed by atoms with Crippen molar-refractivity contribution in [2.75, 3.05) is 30.9 Å². The second kappa shape index (κ2) is 4.50. The number of hydrogen-bond acceptors (Lipinski definition) is 3. The number of hydrogen-bond donors (Lipinski definition) is 2. The minimum absolute atomic E-state index is 0.0586. The van der Waals surface area contributed by atoms with Crippen LogP contribution in [0.25, 0.3) is 0 Å². The Balaban J connectivity index is 2.68. The summed E-state index contributed by atoms with van der Waals surface area (Å²) < 4.78 is 0. The standard InChI is InChI=1S/C10H14N2O2/c1-12(2)9-5-3-4-8(6-9)11-7-10(13)14/h3-6,11H,7H2,1-2H3,(H,13,14). The molecule has 4 nitrogen and oxygen atoms in total. The van der Waals surface area contributed by atoms with E-state index in [-0.39, 0.29) is 6.54 Å². The van der Waals surface area contributed by atoms with E-state index >= 15 is 0 Å². The second-order valence-corrected chi connectivity index (χ2v) is 3.19. The Morgan fingerprint density at radius 3 is 2.79 bits per heavy atom. The fraction of sp³-hybridized carbons (Fsp3) is 0.300. The number of carbonyl (C=O) groups is 1. The summed E-state index contributed by atoms with van der Waals surface area (Å²) in [5.41, 5.74) is 1.86. The summed E-state index contributed by atoms with van der Waals surface area (Å²) in [7, 11) is 3.88. The summed E-state index contributed by atoms with van der Waals surface area (Å²) in [4.78, 5) is 12.3.